The van der Waals surface area contributed by atoms with Crippen molar-refractivity contribution in [3.8, 4) is 11.5 Å². The van der Waals surface area contributed by atoms with Crippen LogP contribution in [0.2, 0.25) is 0 Å². The molecule has 0 fully saturated rings. The van der Waals surface area contributed by atoms with E-state index in [0.717, 1.165) is 17.7 Å². The predicted octanol–water partition coefficient (Wildman–Crippen LogP) is 2.85. The van der Waals surface area contributed by atoms with Crippen LogP contribution in [0.25, 0.3) is 0 Å². The fourth-order valence-corrected chi connectivity index (χ4v) is 1.28. The minimum Gasteiger partial charge on any atom is -0.493 e. The molecule has 0 saturated heterocycles. The van der Waals surface area contributed by atoms with Crippen molar-refractivity contribution < 1.29 is 14.3 Å². The average molecular weight is 237 g/mol. The third-order valence-corrected chi connectivity index (χ3v) is 2.06. The highest BCUT2D eigenvalue weighted by Gasteiger charge is 2.03. The Morgan fingerprint density at radius 1 is 1.24 bits per heavy atom. The van der Waals surface area contributed by atoms with E-state index in [1.807, 2.05) is 32.0 Å². The predicted molar refractivity (Wildman–Crippen MR) is 68.0 cm³/mol. The molecule has 0 radical (unpaired) electrons. The van der Waals surface area contributed by atoms with Gasteiger partial charge in [0, 0.05) is 5.56 Å². The van der Waals surface area contributed by atoms with Gasteiger partial charge < -0.3 is 14.3 Å². The van der Waals surface area contributed by atoms with Crippen LogP contribution in [0.3, 0.4) is 0 Å². The maximum absolute atomic E-state index is 5.43. The summed E-state index contributed by atoms with van der Waals surface area (Å²) in [6.45, 7) is 5.22. The van der Waals surface area contributed by atoms with Gasteiger partial charge in [-0.1, -0.05) is 12.1 Å². The summed E-state index contributed by atoms with van der Waals surface area (Å²) in [5.74, 6) is 1.44. The molecule has 0 unspecified atom stereocenters. The Morgan fingerprint density at radius 3 is 2.71 bits per heavy atom. The van der Waals surface area contributed by atoms with Gasteiger partial charge in [0.05, 0.1) is 19.9 Å². The quantitative estimate of drug-likeness (QED) is 0.416. The Balaban J connectivity index is 2.71. The number of ether oxygens (including phenoxy) is 2. The van der Waals surface area contributed by atoms with E-state index < -0.39 is 0 Å². The van der Waals surface area contributed by atoms with E-state index in [2.05, 4.69) is 5.16 Å². The van der Waals surface area contributed by atoms with Gasteiger partial charge in [-0.05, 0) is 31.5 Å². The average Bonchev–Trinajstić information content (AvgIpc) is 2.36. The van der Waals surface area contributed by atoms with Gasteiger partial charge in [-0.25, -0.2) is 0 Å². The summed E-state index contributed by atoms with van der Waals surface area (Å²) in [6.07, 6.45) is 2.61. The molecule has 0 saturated carbocycles. The maximum Gasteiger partial charge on any atom is 0.161 e. The third kappa shape index (κ3) is 4.34. The normalized spacial score (nSPS) is 10.5. The maximum atomic E-state index is 5.43. The lowest BCUT2D eigenvalue weighted by atomic mass is 10.2. The van der Waals surface area contributed by atoms with Crippen molar-refractivity contribution in [1.82, 2.24) is 0 Å². The molecule has 94 valence electrons. The van der Waals surface area contributed by atoms with Gasteiger partial charge in [-0.2, -0.15) is 0 Å². The van der Waals surface area contributed by atoms with Crippen molar-refractivity contribution >= 4 is 6.21 Å². The van der Waals surface area contributed by atoms with Gasteiger partial charge in [-0.15, -0.1) is 0 Å². The van der Waals surface area contributed by atoms with Crippen LogP contribution in [0.4, 0.5) is 0 Å². The minimum absolute atomic E-state index is 0.614. The zero-order chi connectivity index (χ0) is 12.5. The monoisotopic (exact) mass is 237 g/mol. The molecule has 0 amide bonds. The van der Waals surface area contributed by atoms with Crippen molar-refractivity contribution in [2.45, 2.75) is 20.3 Å². The first kappa shape index (κ1) is 13.4. The molecule has 0 heterocycles. The van der Waals surface area contributed by atoms with Gasteiger partial charge >= 0.3 is 0 Å². The van der Waals surface area contributed by atoms with Gasteiger partial charge in [-0.3, -0.25) is 0 Å². The van der Waals surface area contributed by atoms with E-state index in [0.29, 0.717) is 19.0 Å². The number of nitrogens with zero attached hydrogens (tertiary/aromatic N) is 1. The van der Waals surface area contributed by atoms with Gasteiger partial charge in [0.2, 0.25) is 0 Å². The first-order valence-electron chi connectivity index (χ1n) is 5.78. The summed E-state index contributed by atoms with van der Waals surface area (Å²) in [5, 5.41) is 3.86. The van der Waals surface area contributed by atoms with Crippen molar-refractivity contribution in [1.29, 1.82) is 0 Å². The molecule has 0 atom stereocenters. The topological polar surface area (TPSA) is 40.0 Å². The molecule has 1 aromatic carbocycles. The molecule has 0 N–H and O–H groups in total. The Bertz CT molecular complexity index is 364. The van der Waals surface area contributed by atoms with Gasteiger partial charge in [0.25, 0.3) is 0 Å². The number of benzene rings is 1. The van der Waals surface area contributed by atoms with Gasteiger partial charge in [0.15, 0.2) is 11.5 Å². The molecule has 17 heavy (non-hydrogen) atoms. The zero-order valence-corrected chi connectivity index (χ0v) is 10.6. The van der Waals surface area contributed by atoms with Crippen LogP contribution in [0, 0.1) is 0 Å². The molecule has 0 aliphatic heterocycles. The molecule has 1 rings (SSSR count). The van der Waals surface area contributed by atoms with Crippen molar-refractivity contribution in [3.63, 3.8) is 0 Å². The fourth-order valence-electron chi connectivity index (χ4n) is 1.28. The van der Waals surface area contributed by atoms with Crippen molar-refractivity contribution in [2.75, 3.05) is 20.3 Å². The zero-order valence-electron chi connectivity index (χ0n) is 10.6. The summed E-state index contributed by atoms with van der Waals surface area (Å²) in [4.78, 5) is 5.04. The fraction of sp³-hybridized carbons (Fsp3) is 0.462. The number of rotatable bonds is 7. The largest absolute Gasteiger partial charge is 0.493 e. The second kappa shape index (κ2) is 7.54. The lowest BCUT2D eigenvalue weighted by molar-refractivity contribution is 0.146. The third-order valence-electron chi connectivity index (χ3n) is 2.06. The van der Waals surface area contributed by atoms with Crippen LogP contribution >= 0.6 is 0 Å². The summed E-state index contributed by atoms with van der Waals surface area (Å²) in [5.41, 5.74) is 0.918. The lowest BCUT2D eigenvalue weighted by Crippen LogP contribution is -1.96. The first-order chi connectivity index (χ1) is 8.31. The molecule has 0 aromatic heterocycles. The molecule has 0 spiro atoms. The smallest absolute Gasteiger partial charge is 0.161 e. The summed E-state index contributed by atoms with van der Waals surface area (Å²) < 4.78 is 10.7. The van der Waals surface area contributed by atoms with Crippen LogP contribution in [0.1, 0.15) is 25.8 Å². The second-order valence-electron chi connectivity index (χ2n) is 3.41. The number of methoxy groups -OCH3 is 1. The van der Waals surface area contributed by atoms with Crippen molar-refractivity contribution in [2.24, 2.45) is 5.16 Å². The summed E-state index contributed by atoms with van der Waals surface area (Å²) in [7, 11) is 1.62. The molecule has 4 heteroatoms. The summed E-state index contributed by atoms with van der Waals surface area (Å²) >= 11 is 0. The minimum atomic E-state index is 0.614. The molecular weight excluding hydrogens is 218 g/mol. The lowest BCUT2D eigenvalue weighted by Gasteiger charge is -2.09. The van der Waals surface area contributed by atoms with Crippen LogP contribution in [-0.2, 0) is 4.84 Å². The second-order valence-corrected chi connectivity index (χ2v) is 3.41. The summed E-state index contributed by atoms with van der Waals surface area (Å²) in [6, 6.07) is 5.64. The Morgan fingerprint density at radius 2 is 2.06 bits per heavy atom. The molecular formula is C13H19NO3. The van der Waals surface area contributed by atoms with Crippen LogP contribution in [0.5, 0.6) is 11.5 Å². The first-order valence-corrected chi connectivity index (χ1v) is 5.78. The Labute approximate surface area is 102 Å². The molecule has 4 nitrogen and oxygen atoms in total. The highest BCUT2D eigenvalue weighted by molar-refractivity contribution is 5.80. The van der Waals surface area contributed by atoms with Crippen LogP contribution < -0.4 is 9.47 Å². The molecule has 0 aliphatic carbocycles. The molecule has 1 aromatic rings. The van der Waals surface area contributed by atoms with E-state index >= 15 is 0 Å². The van der Waals surface area contributed by atoms with Gasteiger partial charge in [0.1, 0.15) is 6.61 Å². The number of hydrogen-bond acceptors (Lipinski definition) is 4. The van der Waals surface area contributed by atoms with E-state index in [1.54, 1.807) is 13.3 Å². The van der Waals surface area contributed by atoms with E-state index in [9.17, 15) is 0 Å². The van der Waals surface area contributed by atoms with E-state index in [-0.39, 0.29) is 0 Å². The highest BCUT2D eigenvalue weighted by Crippen LogP contribution is 2.27. The van der Waals surface area contributed by atoms with Crippen molar-refractivity contribution in [3.05, 3.63) is 23.8 Å². The standard InChI is InChI=1S/C13H19NO3/c1-4-8-17-14-10-11-6-7-12(16-5-2)13(9-11)15-3/h6-7,9-10H,4-5,8H2,1-3H3/b14-10+. The van der Waals surface area contributed by atoms with E-state index in [4.69, 9.17) is 14.3 Å². The van der Waals surface area contributed by atoms with Crippen LogP contribution in [0.15, 0.2) is 23.4 Å². The molecule has 0 bridgehead atoms. The Hall–Kier alpha value is -1.71. The van der Waals surface area contributed by atoms with Crippen LogP contribution in [-0.4, -0.2) is 26.5 Å². The highest BCUT2D eigenvalue weighted by atomic mass is 16.6. The SMILES string of the molecule is CCCO/N=C/c1ccc(OCC)c(OC)c1. The Kier molecular flexibility index (Phi) is 5.93. The number of oxime groups is 1. The number of hydrogen-bond donors (Lipinski definition) is 0. The van der Waals surface area contributed by atoms with E-state index in [1.165, 1.54) is 0 Å². The molecule has 0 aliphatic rings.